The normalized spacial score (nSPS) is 16.7. The van der Waals surface area contributed by atoms with Gasteiger partial charge >= 0.3 is 0 Å². The molecule has 1 aliphatic rings. The molecule has 0 radical (unpaired) electrons. The van der Waals surface area contributed by atoms with Crippen LogP contribution in [0, 0.1) is 0 Å². The number of rotatable bonds is 4. The van der Waals surface area contributed by atoms with Gasteiger partial charge in [0.05, 0.1) is 0 Å². The maximum atomic E-state index is 11.8. The van der Waals surface area contributed by atoms with E-state index in [1.807, 2.05) is 16.8 Å². The van der Waals surface area contributed by atoms with Crippen LogP contribution in [0.3, 0.4) is 0 Å². The van der Waals surface area contributed by atoms with Gasteiger partial charge in [-0.3, -0.25) is 4.79 Å². The van der Waals surface area contributed by atoms with Crippen LogP contribution in [0.1, 0.15) is 28.8 Å². The van der Waals surface area contributed by atoms with E-state index in [9.17, 15) is 4.79 Å². The van der Waals surface area contributed by atoms with Crippen LogP contribution in [0.5, 0.6) is 0 Å². The van der Waals surface area contributed by atoms with E-state index in [1.165, 1.54) is 18.4 Å². The molecule has 17 heavy (non-hydrogen) atoms. The molecular weight excluding hydrogens is 250 g/mol. The summed E-state index contributed by atoms with van der Waals surface area (Å²) in [7, 11) is 0. The van der Waals surface area contributed by atoms with Gasteiger partial charge in [0.25, 0.3) is 5.91 Å². The molecule has 2 nitrogen and oxygen atoms in total. The zero-order valence-electron chi connectivity index (χ0n) is 9.31. The fourth-order valence-corrected chi connectivity index (χ4v) is 3.44. The Bertz CT molecular complexity index is 498. The second-order valence-corrected chi connectivity index (χ2v) is 6.05. The molecule has 0 aliphatic heterocycles. The van der Waals surface area contributed by atoms with Gasteiger partial charge in [-0.25, -0.2) is 0 Å². The maximum Gasteiger partial charge on any atom is 0.252 e. The van der Waals surface area contributed by atoms with Crippen molar-refractivity contribution in [3.05, 3.63) is 44.8 Å². The molecule has 88 valence electrons. The van der Waals surface area contributed by atoms with Crippen molar-refractivity contribution in [3.63, 3.8) is 0 Å². The molecule has 2 aromatic rings. The van der Waals surface area contributed by atoms with Gasteiger partial charge in [-0.1, -0.05) is 0 Å². The average Bonchev–Trinajstić information content (AvgIpc) is 2.82. The Balaban J connectivity index is 1.64. The van der Waals surface area contributed by atoms with Gasteiger partial charge in [0, 0.05) is 22.9 Å². The molecule has 0 saturated heterocycles. The van der Waals surface area contributed by atoms with Gasteiger partial charge in [-0.15, -0.1) is 0 Å². The number of hydrogen-bond acceptors (Lipinski definition) is 3. The Morgan fingerprint density at radius 2 is 2.00 bits per heavy atom. The molecule has 1 aliphatic carbocycles. The fraction of sp³-hybridized carbons (Fsp3) is 0.308. The van der Waals surface area contributed by atoms with Crippen molar-refractivity contribution in [2.75, 3.05) is 6.54 Å². The molecule has 0 atom stereocenters. The number of hydrogen-bond donors (Lipinski definition) is 1. The molecular formula is C13H13NOS2. The molecule has 0 unspecified atom stereocenters. The van der Waals surface area contributed by atoms with E-state index in [0.29, 0.717) is 0 Å². The predicted molar refractivity (Wildman–Crippen MR) is 71.9 cm³/mol. The quantitative estimate of drug-likeness (QED) is 0.901. The van der Waals surface area contributed by atoms with Gasteiger partial charge in [0.1, 0.15) is 0 Å². The summed E-state index contributed by atoms with van der Waals surface area (Å²) >= 11 is 3.28. The summed E-state index contributed by atoms with van der Waals surface area (Å²) in [6.07, 6.45) is 2.38. The largest absolute Gasteiger partial charge is 0.351 e. The summed E-state index contributed by atoms with van der Waals surface area (Å²) in [6, 6.07) is 4.04. The first kappa shape index (κ1) is 11.0. The molecule has 2 aromatic heterocycles. The summed E-state index contributed by atoms with van der Waals surface area (Å²) in [5.41, 5.74) is 2.38. The highest BCUT2D eigenvalue weighted by Gasteiger charge is 2.44. The highest BCUT2D eigenvalue weighted by Crippen LogP contribution is 2.48. The standard InChI is InChI=1S/C13H13NOS2/c15-12(10-1-5-16-7-10)14-9-13(3-4-13)11-2-6-17-8-11/h1-2,5-8H,3-4,9H2,(H,14,15). The van der Waals surface area contributed by atoms with Gasteiger partial charge < -0.3 is 5.32 Å². The minimum Gasteiger partial charge on any atom is -0.351 e. The molecule has 1 fully saturated rings. The van der Waals surface area contributed by atoms with Crippen molar-refractivity contribution < 1.29 is 4.79 Å². The first-order chi connectivity index (χ1) is 8.30. The zero-order chi connectivity index (χ0) is 11.7. The molecule has 1 amide bonds. The zero-order valence-corrected chi connectivity index (χ0v) is 10.9. The van der Waals surface area contributed by atoms with E-state index in [2.05, 4.69) is 22.1 Å². The number of amides is 1. The first-order valence-electron chi connectivity index (χ1n) is 5.63. The third-order valence-corrected chi connectivity index (χ3v) is 4.72. The molecule has 0 bridgehead atoms. The number of nitrogens with one attached hydrogen (secondary N) is 1. The molecule has 4 heteroatoms. The first-order valence-corrected chi connectivity index (χ1v) is 7.52. The van der Waals surface area contributed by atoms with Crippen LogP contribution in [-0.4, -0.2) is 12.5 Å². The van der Waals surface area contributed by atoms with Crippen molar-refractivity contribution in [3.8, 4) is 0 Å². The topological polar surface area (TPSA) is 29.1 Å². The molecule has 2 heterocycles. The number of carbonyl (C=O) groups excluding carboxylic acids is 1. The van der Waals surface area contributed by atoms with Crippen LogP contribution in [0.4, 0.5) is 0 Å². The Kier molecular flexibility index (Phi) is 2.76. The lowest BCUT2D eigenvalue weighted by Crippen LogP contribution is -2.31. The molecule has 1 saturated carbocycles. The lowest BCUT2D eigenvalue weighted by atomic mass is 9.99. The molecule has 0 aromatic carbocycles. The SMILES string of the molecule is O=C(NCC1(c2ccsc2)CC1)c1ccsc1. The van der Waals surface area contributed by atoms with E-state index < -0.39 is 0 Å². The lowest BCUT2D eigenvalue weighted by molar-refractivity contribution is 0.0950. The molecule has 0 spiro atoms. The van der Waals surface area contributed by atoms with Gasteiger partial charge in [0.2, 0.25) is 0 Å². The van der Waals surface area contributed by atoms with E-state index in [4.69, 9.17) is 0 Å². The van der Waals surface area contributed by atoms with Gasteiger partial charge in [0.15, 0.2) is 0 Å². The number of thiophene rings is 2. The highest BCUT2D eigenvalue weighted by molar-refractivity contribution is 7.08. The minimum absolute atomic E-state index is 0.0488. The fourth-order valence-electron chi connectivity index (χ4n) is 2.03. The van der Waals surface area contributed by atoms with E-state index >= 15 is 0 Å². The molecule has 1 N–H and O–H groups in total. The van der Waals surface area contributed by atoms with Crippen LogP contribution in [0.15, 0.2) is 33.7 Å². The highest BCUT2D eigenvalue weighted by atomic mass is 32.1. The summed E-state index contributed by atoms with van der Waals surface area (Å²) < 4.78 is 0. The summed E-state index contributed by atoms with van der Waals surface area (Å²) in [5.74, 6) is 0.0488. The lowest BCUT2D eigenvalue weighted by Gasteiger charge is -2.14. The third kappa shape index (κ3) is 2.15. The van der Waals surface area contributed by atoms with E-state index in [-0.39, 0.29) is 11.3 Å². The van der Waals surface area contributed by atoms with Crippen molar-refractivity contribution >= 4 is 28.6 Å². The van der Waals surface area contributed by atoms with Gasteiger partial charge in [-0.05, 0) is 46.7 Å². The Morgan fingerprint density at radius 1 is 1.24 bits per heavy atom. The molecule has 3 rings (SSSR count). The van der Waals surface area contributed by atoms with Crippen LogP contribution in [-0.2, 0) is 5.41 Å². The summed E-state index contributed by atoms with van der Waals surface area (Å²) in [6.45, 7) is 0.762. The summed E-state index contributed by atoms with van der Waals surface area (Å²) in [4.78, 5) is 11.8. The maximum absolute atomic E-state index is 11.8. The van der Waals surface area contributed by atoms with Crippen LogP contribution in [0.25, 0.3) is 0 Å². The Labute approximate surface area is 108 Å². The van der Waals surface area contributed by atoms with Crippen molar-refractivity contribution in [1.82, 2.24) is 5.32 Å². The van der Waals surface area contributed by atoms with Crippen LogP contribution in [0.2, 0.25) is 0 Å². The summed E-state index contributed by atoms with van der Waals surface area (Å²) in [5, 5.41) is 11.2. The van der Waals surface area contributed by atoms with Crippen molar-refractivity contribution in [2.24, 2.45) is 0 Å². The monoisotopic (exact) mass is 263 g/mol. The van der Waals surface area contributed by atoms with E-state index in [0.717, 1.165) is 12.1 Å². The third-order valence-electron chi connectivity index (χ3n) is 3.36. The van der Waals surface area contributed by atoms with Crippen molar-refractivity contribution in [1.29, 1.82) is 0 Å². The van der Waals surface area contributed by atoms with Crippen LogP contribution < -0.4 is 5.32 Å². The minimum atomic E-state index is 0.0488. The predicted octanol–water partition coefficient (Wildman–Crippen LogP) is 3.27. The average molecular weight is 263 g/mol. The number of carbonyl (C=O) groups is 1. The van der Waals surface area contributed by atoms with Crippen LogP contribution >= 0.6 is 22.7 Å². The second kappa shape index (κ2) is 4.27. The Hall–Kier alpha value is -1.13. The second-order valence-electron chi connectivity index (χ2n) is 4.49. The van der Waals surface area contributed by atoms with Crippen molar-refractivity contribution in [2.45, 2.75) is 18.3 Å². The van der Waals surface area contributed by atoms with Gasteiger partial charge in [-0.2, -0.15) is 22.7 Å². The Morgan fingerprint density at radius 3 is 2.59 bits per heavy atom. The van der Waals surface area contributed by atoms with E-state index in [1.54, 1.807) is 22.7 Å². The smallest absolute Gasteiger partial charge is 0.252 e.